The Morgan fingerprint density at radius 2 is 1.80 bits per heavy atom. The Morgan fingerprint density at radius 3 is 2.40 bits per heavy atom. The zero-order chi connectivity index (χ0) is 18.1. The molecule has 5 heteroatoms. The van der Waals surface area contributed by atoms with Crippen LogP contribution in [-0.4, -0.2) is 25.8 Å². The first-order chi connectivity index (χ1) is 12.1. The lowest BCUT2D eigenvalue weighted by Crippen LogP contribution is -2.26. The van der Waals surface area contributed by atoms with Gasteiger partial charge in [-0.1, -0.05) is 55.4 Å². The molecule has 0 saturated carbocycles. The normalized spacial score (nSPS) is 10.9. The van der Waals surface area contributed by atoms with Gasteiger partial charge in [0.1, 0.15) is 5.75 Å². The summed E-state index contributed by atoms with van der Waals surface area (Å²) in [4.78, 5) is 16.8. The predicted octanol–water partition coefficient (Wildman–Crippen LogP) is 3.49. The van der Waals surface area contributed by atoms with Gasteiger partial charge in [-0.3, -0.25) is 4.79 Å². The highest BCUT2D eigenvalue weighted by Crippen LogP contribution is 2.14. The molecule has 0 unspecified atom stereocenters. The summed E-state index contributed by atoms with van der Waals surface area (Å²) in [5, 5.41) is 6.61. The van der Waals surface area contributed by atoms with Gasteiger partial charge in [-0.2, -0.15) is 0 Å². The number of ether oxygens (including phenoxy) is 1. The second-order valence-electron chi connectivity index (χ2n) is 5.95. The van der Waals surface area contributed by atoms with Crippen molar-refractivity contribution >= 4 is 12.1 Å². The highest BCUT2D eigenvalue weighted by molar-refractivity contribution is 5.79. The number of benzene rings is 2. The van der Waals surface area contributed by atoms with E-state index >= 15 is 0 Å². The number of carbonyl (C=O) groups is 1. The van der Waals surface area contributed by atoms with Crippen molar-refractivity contribution in [2.75, 3.05) is 13.7 Å². The topological polar surface area (TPSA) is 59.9 Å². The average Bonchev–Trinajstić information content (AvgIpc) is 2.64. The molecule has 0 spiro atoms. The van der Waals surface area contributed by atoms with Gasteiger partial charge in [0.2, 0.25) is 0 Å². The number of hydrogen-bond acceptors (Lipinski definition) is 4. The van der Waals surface area contributed by atoms with Crippen LogP contribution in [0.15, 0.2) is 53.7 Å². The molecule has 1 N–H and O–H groups in total. The lowest BCUT2D eigenvalue weighted by atomic mass is 10.0. The third kappa shape index (κ3) is 6.30. The third-order valence-corrected chi connectivity index (χ3v) is 3.72. The first kappa shape index (κ1) is 18.5. The van der Waals surface area contributed by atoms with Crippen molar-refractivity contribution in [3.63, 3.8) is 0 Å². The van der Waals surface area contributed by atoms with E-state index in [1.54, 1.807) is 13.3 Å². The Morgan fingerprint density at radius 1 is 1.12 bits per heavy atom. The van der Waals surface area contributed by atoms with Gasteiger partial charge in [0, 0.05) is 6.54 Å². The molecule has 5 nitrogen and oxygen atoms in total. The van der Waals surface area contributed by atoms with Crippen LogP contribution in [0.1, 0.15) is 36.5 Å². The number of nitrogens with one attached hydrogen (secondary N) is 1. The summed E-state index contributed by atoms with van der Waals surface area (Å²) < 4.78 is 5.09. The molecule has 0 bridgehead atoms. The molecule has 0 aliphatic heterocycles. The monoisotopic (exact) mass is 340 g/mol. The van der Waals surface area contributed by atoms with Crippen LogP contribution in [0.5, 0.6) is 5.75 Å². The molecule has 132 valence electrons. The Balaban J connectivity index is 1.70. The minimum atomic E-state index is -0.219. The molecule has 0 aliphatic rings. The van der Waals surface area contributed by atoms with Crippen LogP contribution >= 0.6 is 0 Å². The summed E-state index contributed by atoms with van der Waals surface area (Å²) in [6.45, 7) is 4.62. The van der Waals surface area contributed by atoms with Crippen LogP contribution < -0.4 is 10.1 Å². The highest BCUT2D eigenvalue weighted by atomic mass is 16.6. The van der Waals surface area contributed by atoms with Crippen molar-refractivity contribution < 1.29 is 14.4 Å². The van der Waals surface area contributed by atoms with E-state index in [0.29, 0.717) is 12.5 Å². The summed E-state index contributed by atoms with van der Waals surface area (Å²) in [6.07, 6.45) is 1.60. The van der Waals surface area contributed by atoms with Crippen molar-refractivity contribution in [3.05, 3.63) is 65.2 Å². The summed E-state index contributed by atoms with van der Waals surface area (Å²) in [5.74, 6) is 1.06. The van der Waals surface area contributed by atoms with Gasteiger partial charge in [0.05, 0.1) is 13.3 Å². The fourth-order valence-electron chi connectivity index (χ4n) is 2.16. The average molecular weight is 340 g/mol. The minimum Gasteiger partial charge on any atom is -0.497 e. The molecule has 2 rings (SSSR count). The molecule has 25 heavy (non-hydrogen) atoms. The summed E-state index contributed by atoms with van der Waals surface area (Å²) in [6, 6.07) is 15.6. The van der Waals surface area contributed by atoms with Crippen LogP contribution in [0.4, 0.5) is 0 Å². The van der Waals surface area contributed by atoms with E-state index in [0.717, 1.165) is 16.9 Å². The Bertz CT molecular complexity index is 692. The van der Waals surface area contributed by atoms with Gasteiger partial charge in [-0.15, -0.1) is 0 Å². The number of nitrogens with zero attached hydrogens (tertiary/aromatic N) is 1. The predicted molar refractivity (Wildman–Crippen MR) is 98.9 cm³/mol. The van der Waals surface area contributed by atoms with Gasteiger partial charge in [-0.05, 0) is 34.7 Å². The molecular weight excluding hydrogens is 316 g/mol. The minimum absolute atomic E-state index is 0.114. The van der Waals surface area contributed by atoms with E-state index in [4.69, 9.17) is 9.57 Å². The van der Waals surface area contributed by atoms with Gasteiger partial charge < -0.3 is 14.9 Å². The molecule has 0 heterocycles. The molecule has 0 atom stereocenters. The SMILES string of the molecule is COc1ccc(CNC(=O)CO/N=C\c2ccc(C(C)C)cc2)cc1. The van der Waals surface area contributed by atoms with Crippen molar-refractivity contribution in [3.8, 4) is 5.75 Å². The van der Waals surface area contributed by atoms with E-state index in [9.17, 15) is 4.79 Å². The number of methoxy groups -OCH3 is 1. The zero-order valence-corrected chi connectivity index (χ0v) is 14.9. The van der Waals surface area contributed by atoms with Crippen LogP contribution in [0.3, 0.4) is 0 Å². The fourth-order valence-corrected chi connectivity index (χ4v) is 2.16. The van der Waals surface area contributed by atoms with Crippen LogP contribution in [0.25, 0.3) is 0 Å². The molecular formula is C20H24N2O3. The van der Waals surface area contributed by atoms with E-state index < -0.39 is 0 Å². The zero-order valence-electron chi connectivity index (χ0n) is 14.9. The quantitative estimate of drug-likeness (QED) is 0.591. The smallest absolute Gasteiger partial charge is 0.261 e. The number of rotatable bonds is 8. The standard InChI is InChI=1S/C20H24N2O3/c1-15(2)18-8-4-17(5-9-18)13-22-25-14-20(23)21-12-16-6-10-19(24-3)11-7-16/h4-11,13,15H,12,14H2,1-3H3,(H,21,23)/b22-13-. The fraction of sp³-hybridized carbons (Fsp3) is 0.300. The maximum absolute atomic E-state index is 11.7. The van der Waals surface area contributed by atoms with Gasteiger partial charge >= 0.3 is 0 Å². The van der Waals surface area contributed by atoms with Gasteiger partial charge in [-0.25, -0.2) is 0 Å². The van der Waals surface area contributed by atoms with Crippen molar-refractivity contribution in [1.29, 1.82) is 0 Å². The summed E-state index contributed by atoms with van der Waals surface area (Å²) >= 11 is 0. The van der Waals surface area contributed by atoms with E-state index in [1.807, 2.05) is 36.4 Å². The molecule has 0 saturated heterocycles. The molecule has 0 aromatic heterocycles. The molecule has 2 aromatic rings. The Labute approximate surface area is 148 Å². The number of carbonyl (C=O) groups excluding carboxylic acids is 1. The van der Waals surface area contributed by atoms with Crippen molar-refractivity contribution in [2.24, 2.45) is 5.16 Å². The Kier molecular flexibility index (Phi) is 7.01. The summed E-state index contributed by atoms with van der Waals surface area (Å²) in [5.41, 5.74) is 3.20. The van der Waals surface area contributed by atoms with E-state index in [1.165, 1.54) is 5.56 Å². The lowest BCUT2D eigenvalue weighted by Gasteiger charge is -2.06. The van der Waals surface area contributed by atoms with Gasteiger partial charge in [0.15, 0.2) is 6.61 Å². The molecule has 0 fully saturated rings. The third-order valence-electron chi connectivity index (χ3n) is 3.72. The van der Waals surface area contributed by atoms with Crippen molar-refractivity contribution in [2.45, 2.75) is 26.3 Å². The van der Waals surface area contributed by atoms with E-state index in [2.05, 4.69) is 36.5 Å². The maximum atomic E-state index is 11.7. The molecule has 1 amide bonds. The number of amides is 1. The van der Waals surface area contributed by atoms with Crippen LogP contribution in [0.2, 0.25) is 0 Å². The van der Waals surface area contributed by atoms with Crippen LogP contribution in [-0.2, 0) is 16.2 Å². The second-order valence-corrected chi connectivity index (χ2v) is 5.95. The number of oxime groups is 1. The number of hydrogen-bond donors (Lipinski definition) is 1. The first-order valence-electron chi connectivity index (χ1n) is 8.23. The summed E-state index contributed by atoms with van der Waals surface area (Å²) in [7, 11) is 1.62. The Hall–Kier alpha value is -2.82. The molecule has 0 radical (unpaired) electrons. The maximum Gasteiger partial charge on any atom is 0.261 e. The molecule has 2 aromatic carbocycles. The largest absolute Gasteiger partial charge is 0.497 e. The lowest BCUT2D eigenvalue weighted by molar-refractivity contribution is -0.125. The second kappa shape index (κ2) is 9.47. The van der Waals surface area contributed by atoms with Crippen LogP contribution in [0, 0.1) is 0 Å². The first-order valence-corrected chi connectivity index (χ1v) is 8.23. The van der Waals surface area contributed by atoms with Gasteiger partial charge in [0.25, 0.3) is 5.91 Å². The highest BCUT2D eigenvalue weighted by Gasteiger charge is 2.02. The molecule has 0 aliphatic carbocycles. The van der Waals surface area contributed by atoms with E-state index in [-0.39, 0.29) is 12.5 Å². The van der Waals surface area contributed by atoms with Crippen molar-refractivity contribution in [1.82, 2.24) is 5.32 Å².